The summed E-state index contributed by atoms with van der Waals surface area (Å²) in [6.45, 7) is 0. The number of hydrogen-bond acceptors (Lipinski definition) is 3. The first-order chi connectivity index (χ1) is 14.4. The number of anilines is 1. The van der Waals surface area contributed by atoms with E-state index in [-0.39, 0.29) is 11.8 Å². The zero-order valence-corrected chi connectivity index (χ0v) is 17.5. The largest absolute Gasteiger partial charge is 0.341 e. The smallest absolute Gasteiger partial charge is 0.270 e. The number of nitrogens with zero attached hydrogens (tertiary/aromatic N) is 1. The molecule has 0 unspecified atom stereocenters. The molecule has 1 aliphatic carbocycles. The molecule has 5 nitrogen and oxygen atoms in total. The van der Waals surface area contributed by atoms with E-state index in [1.165, 1.54) is 6.20 Å². The van der Waals surface area contributed by atoms with Gasteiger partial charge < -0.3 is 10.6 Å². The van der Waals surface area contributed by atoms with Crippen LogP contribution in [0.1, 0.15) is 45.7 Å². The lowest BCUT2D eigenvalue weighted by atomic mass is 9.71. The number of amides is 2. The summed E-state index contributed by atoms with van der Waals surface area (Å²) in [5, 5.41) is 6.99. The van der Waals surface area contributed by atoms with Gasteiger partial charge in [0.2, 0.25) is 0 Å². The van der Waals surface area contributed by atoms with Crippen molar-refractivity contribution in [1.82, 2.24) is 10.3 Å². The van der Waals surface area contributed by atoms with Gasteiger partial charge in [-0.25, -0.2) is 4.98 Å². The van der Waals surface area contributed by atoms with Crippen molar-refractivity contribution < 1.29 is 9.59 Å². The molecule has 3 aromatic rings. The molecule has 7 heteroatoms. The van der Waals surface area contributed by atoms with Gasteiger partial charge in [-0.3, -0.25) is 9.59 Å². The highest BCUT2D eigenvalue weighted by Crippen LogP contribution is 2.41. The van der Waals surface area contributed by atoms with Gasteiger partial charge in [0.25, 0.3) is 11.8 Å². The Morgan fingerprint density at radius 1 is 0.900 bits per heavy atom. The summed E-state index contributed by atoms with van der Waals surface area (Å²) in [6.07, 6.45) is 4.18. The van der Waals surface area contributed by atoms with Crippen LogP contribution in [0.25, 0.3) is 0 Å². The molecule has 2 N–H and O–H groups in total. The van der Waals surface area contributed by atoms with E-state index in [0.29, 0.717) is 27.0 Å². The van der Waals surface area contributed by atoms with Crippen LogP contribution in [0.4, 0.5) is 5.69 Å². The normalized spacial score (nSPS) is 14.5. The van der Waals surface area contributed by atoms with Crippen LogP contribution >= 0.6 is 23.2 Å². The highest BCUT2D eigenvalue weighted by Gasteiger charge is 2.40. The van der Waals surface area contributed by atoms with E-state index in [1.807, 2.05) is 24.3 Å². The molecule has 2 amide bonds. The molecule has 0 bridgehead atoms. The average molecular weight is 440 g/mol. The Labute approximate surface area is 184 Å². The van der Waals surface area contributed by atoms with Crippen LogP contribution in [-0.2, 0) is 5.54 Å². The maximum absolute atomic E-state index is 12.7. The number of carbonyl (C=O) groups excluding carboxylic acids is 2. The maximum Gasteiger partial charge on any atom is 0.270 e. The molecule has 0 aliphatic heterocycles. The molecule has 1 aliphatic rings. The lowest BCUT2D eigenvalue weighted by Gasteiger charge is -2.43. The predicted octanol–water partition coefficient (Wildman–Crippen LogP) is 5.45. The quantitative estimate of drug-likeness (QED) is 0.554. The van der Waals surface area contributed by atoms with Crippen molar-refractivity contribution >= 4 is 40.7 Å². The average Bonchev–Trinajstić information content (AvgIpc) is 2.72. The zero-order chi connectivity index (χ0) is 21.1. The molecule has 1 heterocycles. The molecule has 30 heavy (non-hydrogen) atoms. The SMILES string of the molecule is O=C(Nc1ccc(C2(NC(=O)c3ccc(Cl)cn3)CCC2)cc1)c1cccc(Cl)c1. The summed E-state index contributed by atoms with van der Waals surface area (Å²) < 4.78 is 0. The Hall–Kier alpha value is -2.89. The summed E-state index contributed by atoms with van der Waals surface area (Å²) >= 11 is 11.8. The van der Waals surface area contributed by atoms with Gasteiger partial charge in [0.1, 0.15) is 5.69 Å². The predicted molar refractivity (Wildman–Crippen MR) is 118 cm³/mol. The Morgan fingerprint density at radius 2 is 1.67 bits per heavy atom. The van der Waals surface area contributed by atoms with Gasteiger partial charge in [-0.2, -0.15) is 0 Å². The third kappa shape index (κ3) is 4.32. The van der Waals surface area contributed by atoms with Gasteiger partial charge >= 0.3 is 0 Å². The van der Waals surface area contributed by atoms with Crippen LogP contribution in [0, 0.1) is 0 Å². The first-order valence-electron chi connectivity index (χ1n) is 9.57. The molecule has 1 saturated carbocycles. The molecule has 152 valence electrons. The number of carbonyl (C=O) groups is 2. The van der Waals surface area contributed by atoms with Gasteiger partial charge in [0, 0.05) is 22.5 Å². The standard InChI is InChI=1S/C23H19Cl2N3O2/c24-17-4-1-3-15(13-17)21(29)27-19-8-5-16(6-9-19)23(11-2-12-23)28-22(30)20-10-7-18(25)14-26-20/h1,3-10,13-14H,2,11-12H2,(H,27,29)(H,28,30). The summed E-state index contributed by atoms with van der Waals surface area (Å²) in [7, 11) is 0. The highest BCUT2D eigenvalue weighted by molar-refractivity contribution is 6.31. The minimum atomic E-state index is -0.423. The zero-order valence-electron chi connectivity index (χ0n) is 16.0. The summed E-state index contributed by atoms with van der Waals surface area (Å²) in [5.74, 6) is -0.463. The number of nitrogens with one attached hydrogen (secondary N) is 2. The van der Waals surface area contributed by atoms with Crippen molar-refractivity contribution in [1.29, 1.82) is 0 Å². The van der Waals surface area contributed by atoms with Crippen LogP contribution in [0.2, 0.25) is 10.0 Å². The molecule has 1 aromatic heterocycles. The first kappa shape index (κ1) is 20.4. The Morgan fingerprint density at radius 3 is 2.27 bits per heavy atom. The number of hydrogen-bond donors (Lipinski definition) is 2. The molecule has 0 atom stereocenters. The minimum Gasteiger partial charge on any atom is -0.341 e. The number of benzene rings is 2. The molecule has 4 rings (SSSR count). The number of halogens is 2. The van der Waals surface area contributed by atoms with Crippen molar-refractivity contribution in [3.8, 4) is 0 Å². The third-order valence-electron chi connectivity index (χ3n) is 5.30. The number of rotatable bonds is 5. The van der Waals surface area contributed by atoms with Gasteiger partial charge in [0.05, 0.1) is 10.6 Å². The fraction of sp³-hybridized carbons (Fsp3) is 0.174. The van der Waals surface area contributed by atoms with Gasteiger partial charge in [-0.05, 0) is 67.3 Å². The first-order valence-corrected chi connectivity index (χ1v) is 10.3. The fourth-order valence-electron chi connectivity index (χ4n) is 3.51. The van der Waals surface area contributed by atoms with Gasteiger partial charge in [0.15, 0.2) is 0 Å². The van der Waals surface area contributed by atoms with Crippen molar-refractivity contribution in [3.63, 3.8) is 0 Å². The van der Waals surface area contributed by atoms with Crippen LogP contribution in [0.5, 0.6) is 0 Å². The molecule has 2 aromatic carbocycles. The maximum atomic E-state index is 12.7. The topological polar surface area (TPSA) is 71.1 Å². The Bertz CT molecular complexity index is 1080. The van der Waals surface area contributed by atoms with Gasteiger partial charge in [-0.15, -0.1) is 0 Å². The van der Waals surface area contributed by atoms with Crippen LogP contribution in [0.3, 0.4) is 0 Å². The van der Waals surface area contributed by atoms with Gasteiger partial charge in [-0.1, -0.05) is 41.4 Å². The Balaban J connectivity index is 1.47. The van der Waals surface area contributed by atoms with Crippen molar-refractivity contribution in [3.05, 3.63) is 93.7 Å². The second-order valence-corrected chi connectivity index (χ2v) is 8.17. The number of pyridine rings is 1. The van der Waals surface area contributed by atoms with Crippen LogP contribution < -0.4 is 10.6 Å². The molecule has 1 fully saturated rings. The Kier molecular flexibility index (Phi) is 5.75. The summed E-state index contributed by atoms with van der Waals surface area (Å²) in [6, 6.07) is 17.6. The van der Waals surface area contributed by atoms with E-state index in [2.05, 4.69) is 15.6 Å². The van der Waals surface area contributed by atoms with E-state index in [1.54, 1.807) is 36.4 Å². The minimum absolute atomic E-state index is 0.231. The van der Waals surface area contributed by atoms with E-state index < -0.39 is 5.54 Å². The molecule has 0 radical (unpaired) electrons. The second kappa shape index (κ2) is 8.46. The van der Waals surface area contributed by atoms with E-state index >= 15 is 0 Å². The van der Waals surface area contributed by atoms with Crippen molar-refractivity contribution in [2.45, 2.75) is 24.8 Å². The van der Waals surface area contributed by atoms with Crippen LogP contribution in [0.15, 0.2) is 66.9 Å². The van der Waals surface area contributed by atoms with E-state index in [9.17, 15) is 9.59 Å². The van der Waals surface area contributed by atoms with E-state index in [4.69, 9.17) is 23.2 Å². The lowest BCUT2D eigenvalue weighted by molar-refractivity contribution is 0.0818. The monoisotopic (exact) mass is 439 g/mol. The summed E-state index contributed by atoms with van der Waals surface area (Å²) in [5.41, 5.74) is 2.06. The fourth-order valence-corrected chi connectivity index (χ4v) is 3.82. The summed E-state index contributed by atoms with van der Waals surface area (Å²) in [4.78, 5) is 29.1. The van der Waals surface area contributed by atoms with E-state index in [0.717, 1.165) is 24.8 Å². The molecule has 0 spiro atoms. The second-order valence-electron chi connectivity index (χ2n) is 7.29. The molecule has 0 saturated heterocycles. The highest BCUT2D eigenvalue weighted by atomic mass is 35.5. The van der Waals surface area contributed by atoms with Crippen LogP contribution in [-0.4, -0.2) is 16.8 Å². The van der Waals surface area contributed by atoms with Crippen molar-refractivity contribution in [2.24, 2.45) is 0 Å². The molecular formula is C23H19Cl2N3O2. The lowest BCUT2D eigenvalue weighted by Crippen LogP contribution is -2.50. The number of aromatic nitrogens is 1. The molecular weight excluding hydrogens is 421 g/mol. The van der Waals surface area contributed by atoms with Crippen molar-refractivity contribution in [2.75, 3.05) is 5.32 Å². The third-order valence-corrected chi connectivity index (χ3v) is 5.76.